The SMILES string of the molecule is CCCCN(CCC[N+](C)(C)C)C(=O)CN1C[C@H](c2cc(OC)c3c(c2)OCO3)[C@@H](C(=O)O)[C@@H]1CCN1CCCCC1=O. The summed E-state index contributed by atoms with van der Waals surface area (Å²) in [4.78, 5) is 45.3. The number of carboxylic acid groups (broad SMARTS) is 1. The lowest BCUT2D eigenvalue weighted by Crippen LogP contribution is -2.47. The van der Waals surface area contributed by atoms with E-state index in [4.69, 9.17) is 14.2 Å². The third kappa shape index (κ3) is 8.32. The van der Waals surface area contributed by atoms with Crippen LogP contribution in [0.1, 0.15) is 63.4 Å². The first kappa shape index (κ1) is 32.9. The molecule has 43 heavy (non-hydrogen) atoms. The molecule has 1 aromatic carbocycles. The van der Waals surface area contributed by atoms with Crippen molar-refractivity contribution in [2.45, 2.75) is 63.8 Å². The summed E-state index contributed by atoms with van der Waals surface area (Å²) in [6.07, 6.45) is 5.70. The van der Waals surface area contributed by atoms with E-state index in [1.54, 1.807) is 7.11 Å². The molecule has 240 valence electrons. The molecule has 2 fully saturated rings. The van der Waals surface area contributed by atoms with Gasteiger partial charge in [-0.15, -0.1) is 0 Å². The second-order valence-corrected chi connectivity index (χ2v) is 13.2. The number of carbonyl (C=O) groups is 3. The molecule has 11 nitrogen and oxygen atoms in total. The van der Waals surface area contributed by atoms with Crippen LogP contribution >= 0.6 is 0 Å². The van der Waals surface area contributed by atoms with Gasteiger partial charge < -0.3 is 33.6 Å². The molecule has 11 heteroatoms. The van der Waals surface area contributed by atoms with Gasteiger partial charge >= 0.3 is 5.97 Å². The monoisotopic (exact) mass is 603 g/mol. The number of ether oxygens (including phenoxy) is 3. The van der Waals surface area contributed by atoms with Crippen LogP contribution in [0.4, 0.5) is 0 Å². The van der Waals surface area contributed by atoms with Gasteiger partial charge in [0, 0.05) is 57.5 Å². The number of amides is 2. The lowest BCUT2D eigenvalue weighted by atomic mass is 9.84. The number of likely N-dealkylation sites (tertiary alicyclic amines) is 2. The predicted molar refractivity (Wildman–Crippen MR) is 162 cm³/mol. The molecule has 4 rings (SSSR count). The van der Waals surface area contributed by atoms with Gasteiger partial charge in [0.25, 0.3) is 0 Å². The number of hydrogen-bond acceptors (Lipinski definition) is 7. The number of benzene rings is 1. The molecule has 0 aromatic heterocycles. The number of fused-ring (bicyclic) bond motifs is 1. The number of carboxylic acids is 1. The van der Waals surface area contributed by atoms with Gasteiger partial charge in [0.2, 0.25) is 24.4 Å². The van der Waals surface area contributed by atoms with Crippen LogP contribution in [0.25, 0.3) is 0 Å². The summed E-state index contributed by atoms with van der Waals surface area (Å²) < 4.78 is 17.6. The van der Waals surface area contributed by atoms with Crippen molar-refractivity contribution in [2.75, 3.05) is 80.9 Å². The predicted octanol–water partition coefficient (Wildman–Crippen LogP) is 3.02. The van der Waals surface area contributed by atoms with Gasteiger partial charge in [0.15, 0.2) is 11.5 Å². The average Bonchev–Trinajstić information content (AvgIpc) is 3.58. The van der Waals surface area contributed by atoms with E-state index < -0.39 is 23.8 Å². The molecule has 0 unspecified atom stereocenters. The molecular formula is C32H51N4O7+. The van der Waals surface area contributed by atoms with Crippen molar-refractivity contribution in [1.29, 1.82) is 0 Å². The number of rotatable bonds is 15. The topological polar surface area (TPSA) is 109 Å². The zero-order valence-electron chi connectivity index (χ0n) is 26.7. The molecule has 0 radical (unpaired) electrons. The summed E-state index contributed by atoms with van der Waals surface area (Å²) in [5, 5.41) is 10.6. The highest BCUT2D eigenvalue weighted by molar-refractivity contribution is 5.79. The number of aliphatic carboxylic acids is 1. The fourth-order valence-corrected chi connectivity index (χ4v) is 6.66. The zero-order valence-corrected chi connectivity index (χ0v) is 26.7. The highest BCUT2D eigenvalue weighted by atomic mass is 16.7. The van der Waals surface area contributed by atoms with Crippen molar-refractivity contribution in [2.24, 2.45) is 5.92 Å². The lowest BCUT2D eigenvalue weighted by molar-refractivity contribution is -0.870. The molecule has 2 amide bonds. The van der Waals surface area contributed by atoms with Crippen LogP contribution in [0.5, 0.6) is 17.2 Å². The Hall–Kier alpha value is -3.05. The molecule has 0 spiro atoms. The standard InChI is InChI=1S/C32H50N4O7/c1-6-7-13-33(15-10-17-36(2,3)4)29(38)21-35-20-24(23-18-26(41-5)31-27(19-23)42-22-43-31)30(32(39)40)25(35)12-16-34-14-9-8-11-28(34)37/h18-19,24-25,30H,6-17,20-22H2,1-5H3/p+1/t24-,25+,30-/m1/s1. The molecule has 2 saturated heterocycles. The Morgan fingerprint density at radius 1 is 1.14 bits per heavy atom. The van der Waals surface area contributed by atoms with Gasteiger partial charge in [-0.05, 0) is 43.4 Å². The van der Waals surface area contributed by atoms with Crippen molar-refractivity contribution in [3.8, 4) is 17.2 Å². The number of carbonyl (C=O) groups excluding carboxylic acids is 2. The summed E-state index contributed by atoms with van der Waals surface area (Å²) >= 11 is 0. The molecule has 1 N–H and O–H groups in total. The minimum Gasteiger partial charge on any atom is -0.493 e. The van der Waals surface area contributed by atoms with E-state index in [1.807, 2.05) is 21.9 Å². The molecule has 1 aromatic rings. The largest absolute Gasteiger partial charge is 0.493 e. The molecule has 3 heterocycles. The Labute approximate surface area is 256 Å². The first-order valence-corrected chi connectivity index (χ1v) is 15.8. The molecule has 3 aliphatic heterocycles. The Bertz CT molecular complexity index is 1140. The van der Waals surface area contributed by atoms with E-state index in [1.165, 1.54) is 0 Å². The van der Waals surface area contributed by atoms with Crippen LogP contribution in [0.3, 0.4) is 0 Å². The number of hydrogen-bond donors (Lipinski definition) is 1. The van der Waals surface area contributed by atoms with Crippen LogP contribution in [-0.2, 0) is 14.4 Å². The van der Waals surface area contributed by atoms with Crippen LogP contribution in [0, 0.1) is 5.92 Å². The van der Waals surface area contributed by atoms with Crippen molar-refractivity contribution in [1.82, 2.24) is 14.7 Å². The summed E-state index contributed by atoms with van der Waals surface area (Å²) in [7, 11) is 8.00. The fourth-order valence-electron chi connectivity index (χ4n) is 6.66. The number of quaternary nitrogens is 1. The third-order valence-corrected chi connectivity index (χ3v) is 8.99. The van der Waals surface area contributed by atoms with Crippen molar-refractivity contribution in [3.63, 3.8) is 0 Å². The molecule has 0 saturated carbocycles. The first-order chi connectivity index (χ1) is 20.5. The number of nitrogens with zero attached hydrogens (tertiary/aromatic N) is 4. The van der Waals surface area contributed by atoms with Crippen LogP contribution in [0.2, 0.25) is 0 Å². The third-order valence-electron chi connectivity index (χ3n) is 8.99. The molecule has 0 aliphatic carbocycles. The maximum Gasteiger partial charge on any atom is 0.308 e. The van der Waals surface area contributed by atoms with Gasteiger partial charge in [-0.25, -0.2) is 0 Å². The maximum absolute atomic E-state index is 13.8. The summed E-state index contributed by atoms with van der Waals surface area (Å²) in [6, 6.07) is 3.28. The van der Waals surface area contributed by atoms with Gasteiger partial charge in [-0.3, -0.25) is 19.3 Å². The molecule has 3 atom stereocenters. The molecule has 0 bridgehead atoms. The summed E-state index contributed by atoms with van der Waals surface area (Å²) in [5.74, 6) is -0.353. The van der Waals surface area contributed by atoms with Gasteiger partial charge in [-0.1, -0.05) is 13.3 Å². The summed E-state index contributed by atoms with van der Waals surface area (Å²) in [5.41, 5.74) is 0.785. The van der Waals surface area contributed by atoms with Crippen molar-refractivity contribution in [3.05, 3.63) is 17.7 Å². The van der Waals surface area contributed by atoms with Crippen molar-refractivity contribution < 1.29 is 38.2 Å². The Morgan fingerprint density at radius 3 is 2.58 bits per heavy atom. The Morgan fingerprint density at radius 2 is 1.91 bits per heavy atom. The van der Waals surface area contributed by atoms with Crippen molar-refractivity contribution >= 4 is 17.8 Å². The van der Waals surface area contributed by atoms with Crippen LogP contribution < -0.4 is 14.2 Å². The second kappa shape index (κ2) is 14.6. The normalized spacial score (nSPS) is 22.2. The van der Waals surface area contributed by atoms with Gasteiger partial charge in [0.1, 0.15) is 0 Å². The number of methoxy groups -OCH3 is 1. The minimum atomic E-state index is -0.905. The number of unbranched alkanes of at least 4 members (excludes halogenated alkanes) is 1. The van der Waals surface area contributed by atoms with E-state index in [2.05, 4.69) is 33.0 Å². The van der Waals surface area contributed by atoms with E-state index >= 15 is 0 Å². The first-order valence-electron chi connectivity index (χ1n) is 15.8. The summed E-state index contributed by atoms with van der Waals surface area (Å²) in [6.45, 7) is 6.27. The number of piperidine rings is 1. The molecular weight excluding hydrogens is 552 g/mol. The Balaban J connectivity index is 1.60. The zero-order chi connectivity index (χ0) is 31.1. The van der Waals surface area contributed by atoms with E-state index in [-0.39, 0.29) is 25.2 Å². The van der Waals surface area contributed by atoms with E-state index in [0.717, 1.165) is 48.7 Å². The Kier molecular flexibility index (Phi) is 11.2. The maximum atomic E-state index is 13.8. The highest BCUT2D eigenvalue weighted by Crippen LogP contribution is 2.47. The highest BCUT2D eigenvalue weighted by Gasteiger charge is 2.48. The average molecular weight is 604 g/mol. The van der Waals surface area contributed by atoms with Gasteiger partial charge in [0.05, 0.1) is 47.3 Å². The quantitative estimate of drug-likeness (QED) is 0.305. The van der Waals surface area contributed by atoms with Gasteiger partial charge in [-0.2, -0.15) is 0 Å². The smallest absolute Gasteiger partial charge is 0.308 e. The van der Waals surface area contributed by atoms with E-state index in [0.29, 0.717) is 62.8 Å². The lowest BCUT2D eigenvalue weighted by Gasteiger charge is -2.33. The fraction of sp³-hybridized carbons (Fsp3) is 0.719. The second-order valence-electron chi connectivity index (χ2n) is 13.2. The van der Waals surface area contributed by atoms with Crippen LogP contribution in [-0.4, -0.2) is 129 Å². The minimum absolute atomic E-state index is 0.0296. The van der Waals surface area contributed by atoms with Crippen LogP contribution in [0.15, 0.2) is 12.1 Å². The molecule has 3 aliphatic rings. The van der Waals surface area contributed by atoms with E-state index in [9.17, 15) is 19.5 Å².